The van der Waals surface area contributed by atoms with Gasteiger partial charge in [0.15, 0.2) is 6.10 Å². The Bertz CT molecular complexity index is 1620. The molecule has 0 saturated carbocycles. The Kier molecular flexibility index (Phi) is 12.3. The van der Waals surface area contributed by atoms with Crippen LogP contribution in [0.3, 0.4) is 0 Å². The van der Waals surface area contributed by atoms with Crippen molar-refractivity contribution in [1.29, 1.82) is 0 Å². The zero-order valence-corrected chi connectivity index (χ0v) is 30.2. The van der Waals surface area contributed by atoms with Crippen molar-refractivity contribution in [2.75, 3.05) is 13.7 Å². The maximum atomic E-state index is 12.9. The SMILES string of the molecule is COc1ccc(CO[C@H]2[C@H](OCc3ccccc3)[C@@H](O[Si](c3ccccc3)(c3ccccc3)C(C)(C)C)[C@H](COC(C)=O)O[C@@H]2C(=O)O)cc1. The summed E-state index contributed by atoms with van der Waals surface area (Å²) in [4.78, 5) is 25.1. The number of aliphatic carboxylic acids is 1. The van der Waals surface area contributed by atoms with Crippen molar-refractivity contribution >= 4 is 30.6 Å². The minimum absolute atomic E-state index is 0.0769. The molecule has 0 bridgehead atoms. The molecule has 0 unspecified atom stereocenters. The fourth-order valence-electron chi connectivity index (χ4n) is 6.54. The minimum atomic E-state index is -3.28. The topological polar surface area (TPSA) is 110 Å². The lowest BCUT2D eigenvalue weighted by atomic mass is 9.94. The van der Waals surface area contributed by atoms with Gasteiger partial charge in [0, 0.05) is 6.92 Å². The van der Waals surface area contributed by atoms with E-state index in [1.165, 1.54) is 6.92 Å². The maximum absolute atomic E-state index is 12.9. The summed E-state index contributed by atoms with van der Waals surface area (Å²) in [6.45, 7) is 7.76. The fourth-order valence-corrected chi connectivity index (χ4v) is 11.2. The molecule has 1 saturated heterocycles. The standard InChI is InChI=1S/C40H46O9Si/c1-28(41)45-27-34-35(49-50(40(2,3)4,32-17-11-7-12-18-32)33-19-13-8-14-20-33)36(46-25-29-15-9-6-10-16-29)37(38(48-34)39(42)43)47-26-30-21-23-31(44-5)24-22-30/h6-24,34-38H,25-27H2,1-5H3,(H,42,43)/t34-,35-,36+,37-,38-/m0/s1. The molecule has 0 aromatic heterocycles. The first kappa shape index (κ1) is 36.9. The summed E-state index contributed by atoms with van der Waals surface area (Å²) in [6.07, 6.45) is -5.42. The molecule has 1 aliphatic rings. The van der Waals surface area contributed by atoms with Crippen molar-refractivity contribution in [2.45, 2.75) is 76.5 Å². The molecule has 0 spiro atoms. The van der Waals surface area contributed by atoms with E-state index in [9.17, 15) is 14.7 Å². The van der Waals surface area contributed by atoms with Crippen molar-refractivity contribution in [1.82, 2.24) is 0 Å². The van der Waals surface area contributed by atoms with Gasteiger partial charge in [-0.15, -0.1) is 0 Å². The van der Waals surface area contributed by atoms with Gasteiger partial charge in [0.1, 0.15) is 36.8 Å². The van der Waals surface area contributed by atoms with Gasteiger partial charge in [-0.2, -0.15) is 0 Å². The van der Waals surface area contributed by atoms with Gasteiger partial charge in [0.05, 0.1) is 20.3 Å². The number of ether oxygens (including phenoxy) is 5. The molecule has 0 amide bonds. The number of hydrogen-bond donors (Lipinski definition) is 1. The number of rotatable bonds is 14. The summed E-state index contributed by atoms with van der Waals surface area (Å²) in [7, 11) is -1.69. The average molecular weight is 699 g/mol. The van der Waals surface area contributed by atoms with Crippen LogP contribution >= 0.6 is 0 Å². The van der Waals surface area contributed by atoms with Gasteiger partial charge < -0.3 is 33.2 Å². The molecule has 264 valence electrons. The lowest BCUT2D eigenvalue weighted by Crippen LogP contribution is -2.72. The van der Waals surface area contributed by atoms with E-state index in [1.54, 1.807) is 7.11 Å². The first-order valence-electron chi connectivity index (χ1n) is 16.7. The molecule has 1 fully saturated rings. The van der Waals surface area contributed by atoms with Gasteiger partial charge in [-0.3, -0.25) is 4.79 Å². The molecule has 1 aliphatic heterocycles. The number of carbonyl (C=O) groups excluding carboxylic acids is 1. The van der Waals surface area contributed by atoms with Gasteiger partial charge in [-0.25, -0.2) is 4.79 Å². The lowest BCUT2D eigenvalue weighted by molar-refractivity contribution is -0.255. The quantitative estimate of drug-likeness (QED) is 0.134. The highest BCUT2D eigenvalue weighted by Crippen LogP contribution is 2.41. The van der Waals surface area contributed by atoms with Crippen LogP contribution in [0.1, 0.15) is 38.8 Å². The summed E-state index contributed by atoms with van der Waals surface area (Å²) in [5.41, 5.74) is 1.70. The number of carboxylic acids is 1. The highest BCUT2D eigenvalue weighted by atomic mass is 28.4. The van der Waals surface area contributed by atoms with Crippen molar-refractivity contribution in [3.8, 4) is 5.75 Å². The first-order chi connectivity index (χ1) is 24.0. The minimum Gasteiger partial charge on any atom is -0.497 e. The maximum Gasteiger partial charge on any atom is 0.335 e. The van der Waals surface area contributed by atoms with Crippen LogP contribution in [0.25, 0.3) is 0 Å². The highest BCUT2D eigenvalue weighted by molar-refractivity contribution is 6.99. The van der Waals surface area contributed by atoms with Gasteiger partial charge in [-0.1, -0.05) is 124 Å². The Labute approximate surface area is 295 Å². The van der Waals surface area contributed by atoms with E-state index in [0.717, 1.165) is 21.5 Å². The molecule has 4 aromatic carbocycles. The predicted octanol–water partition coefficient (Wildman–Crippen LogP) is 5.53. The molecule has 1 heterocycles. The van der Waals surface area contributed by atoms with Crippen LogP contribution < -0.4 is 15.1 Å². The summed E-state index contributed by atoms with van der Waals surface area (Å²) >= 11 is 0. The summed E-state index contributed by atoms with van der Waals surface area (Å²) in [5, 5.41) is 12.2. The third-order valence-electron chi connectivity index (χ3n) is 8.94. The Hall–Kier alpha value is -4.32. The van der Waals surface area contributed by atoms with E-state index in [0.29, 0.717) is 5.75 Å². The average Bonchev–Trinajstić information content (AvgIpc) is 3.12. The van der Waals surface area contributed by atoms with Crippen LogP contribution in [0.4, 0.5) is 0 Å². The summed E-state index contributed by atoms with van der Waals surface area (Å²) < 4.78 is 38.0. The van der Waals surface area contributed by atoms with Gasteiger partial charge in [-0.05, 0) is 38.7 Å². The van der Waals surface area contributed by atoms with E-state index in [4.69, 9.17) is 28.1 Å². The zero-order valence-electron chi connectivity index (χ0n) is 29.2. The lowest BCUT2D eigenvalue weighted by Gasteiger charge is -2.51. The smallest absolute Gasteiger partial charge is 0.335 e. The number of benzene rings is 4. The van der Waals surface area contributed by atoms with Crippen LogP contribution in [0.15, 0.2) is 115 Å². The van der Waals surface area contributed by atoms with Crippen molar-refractivity contribution in [3.63, 3.8) is 0 Å². The highest BCUT2D eigenvalue weighted by Gasteiger charge is 2.58. The Balaban J connectivity index is 1.66. The normalized spacial score (nSPS) is 20.9. The van der Waals surface area contributed by atoms with Gasteiger partial charge in [0.2, 0.25) is 0 Å². The molecular formula is C40H46O9Si. The number of esters is 1. The van der Waals surface area contributed by atoms with Crippen LogP contribution in [-0.4, -0.2) is 69.6 Å². The van der Waals surface area contributed by atoms with E-state index < -0.39 is 55.8 Å². The third kappa shape index (κ3) is 8.51. The van der Waals surface area contributed by atoms with Crippen molar-refractivity contribution in [2.24, 2.45) is 0 Å². The van der Waals surface area contributed by atoms with Gasteiger partial charge in [0.25, 0.3) is 8.32 Å². The van der Waals surface area contributed by atoms with Gasteiger partial charge >= 0.3 is 11.9 Å². The molecule has 0 aliphatic carbocycles. The zero-order chi connectivity index (χ0) is 35.7. The summed E-state index contributed by atoms with van der Waals surface area (Å²) in [6, 6.07) is 37.2. The second kappa shape index (κ2) is 16.6. The monoisotopic (exact) mass is 698 g/mol. The summed E-state index contributed by atoms with van der Waals surface area (Å²) in [5.74, 6) is -1.06. The predicted molar refractivity (Wildman–Crippen MR) is 192 cm³/mol. The largest absolute Gasteiger partial charge is 0.497 e. The number of methoxy groups -OCH3 is 1. The van der Waals surface area contributed by atoms with Crippen LogP contribution in [0, 0.1) is 0 Å². The number of carbonyl (C=O) groups is 2. The molecule has 4 aromatic rings. The molecule has 0 radical (unpaired) electrons. The van der Waals surface area contributed by atoms with E-state index in [-0.39, 0.29) is 19.8 Å². The van der Waals surface area contributed by atoms with E-state index in [1.807, 2.05) is 91.0 Å². The van der Waals surface area contributed by atoms with Crippen LogP contribution in [-0.2, 0) is 46.2 Å². The molecule has 1 N–H and O–H groups in total. The van der Waals surface area contributed by atoms with E-state index >= 15 is 0 Å². The van der Waals surface area contributed by atoms with Crippen LogP contribution in [0.5, 0.6) is 5.75 Å². The Morgan fingerprint density at radius 2 is 1.22 bits per heavy atom. The fraction of sp³-hybridized carbons (Fsp3) is 0.350. The Morgan fingerprint density at radius 1 is 0.720 bits per heavy atom. The van der Waals surface area contributed by atoms with E-state index in [2.05, 4.69) is 45.0 Å². The number of carboxylic acid groups (broad SMARTS) is 1. The Morgan fingerprint density at radius 3 is 1.70 bits per heavy atom. The molecule has 9 nitrogen and oxygen atoms in total. The number of hydrogen-bond acceptors (Lipinski definition) is 8. The molecule has 10 heteroatoms. The third-order valence-corrected chi connectivity index (χ3v) is 14.0. The second-order valence-corrected chi connectivity index (χ2v) is 17.6. The first-order valence-corrected chi connectivity index (χ1v) is 18.6. The van der Waals surface area contributed by atoms with Crippen molar-refractivity contribution < 1.29 is 42.8 Å². The van der Waals surface area contributed by atoms with Crippen LogP contribution in [0.2, 0.25) is 5.04 Å². The molecule has 50 heavy (non-hydrogen) atoms. The molecule has 5 rings (SSSR count). The molecular weight excluding hydrogens is 653 g/mol. The second-order valence-electron chi connectivity index (χ2n) is 13.4. The van der Waals surface area contributed by atoms with Crippen molar-refractivity contribution in [3.05, 3.63) is 126 Å². The molecule has 5 atom stereocenters.